The molecule has 1 aliphatic rings. The highest BCUT2D eigenvalue weighted by atomic mass is 32.1. The molecule has 0 saturated heterocycles. The lowest BCUT2D eigenvalue weighted by Crippen LogP contribution is -2.40. The zero-order chi connectivity index (χ0) is 20.9. The smallest absolute Gasteiger partial charge is 0.229 e. The minimum absolute atomic E-state index is 0.128. The predicted molar refractivity (Wildman–Crippen MR) is 126 cm³/mol. The van der Waals surface area contributed by atoms with Gasteiger partial charge in [-0.2, -0.15) is 0 Å². The number of fused-ring (bicyclic) bond motifs is 1. The van der Waals surface area contributed by atoms with E-state index in [1.54, 1.807) is 0 Å². The molecule has 1 aromatic heterocycles. The Labute approximate surface area is 181 Å². The van der Waals surface area contributed by atoms with Crippen molar-refractivity contribution < 1.29 is 0 Å². The van der Waals surface area contributed by atoms with Gasteiger partial charge < -0.3 is 10.6 Å². The Morgan fingerprint density at radius 2 is 1.50 bits per heavy atom. The number of aryl methyl sites for hydroxylation is 2. The molecule has 7 heteroatoms. The summed E-state index contributed by atoms with van der Waals surface area (Å²) < 4.78 is 0. The van der Waals surface area contributed by atoms with Crippen LogP contribution in [0.5, 0.6) is 0 Å². The van der Waals surface area contributed by atoms with Gasteiger partial charge in [0, 0.05) is 17.1 Å². The molecule has 30 heavy (non-hydrogen) atoms. The van der Waals surface area contributed by atoms with Gasteiger partial charge in [-0.05, 0) is 68.2 Å². The predicted octanol–water partition coefficient (Wildman–Crippen LogP) is 4.02. The van der Waals surface area contributed by atoms with Gasteiger partial charge >= 0.3 is 0 Å². The largest absolute Gasteiger partial charge is 0.332 e. The van der Waals surface area contributed by atoms with Gasteiger partial charge in [0.25, 0.3) is 0 Å². The Morgan fingerprint density at radius 1 is 0.900 bits per heavy atom. The van der Waals surface area contributed by atoms with E-state index in [2.05, 4.69) is 50.2 Å². The highest BCUT2D eigenvalue weighted by Crippen LogP contribution is 2.23. The Hall–Kier alpha value is -3.32. The lowest BCUT2D eigenvalue weighted by atomic mass is 10.1. The van der Waals surface area contributed by atoms with E-state index in [0.717, 1.165) is 29.9 Å². The number of rotatable bonds is 3. The van der Waals surface area contributed by atoms with Crippen LogP contribution in [0.2, 0.25) is 0 Å². The summed E-state index contributed by atoms with van der Waals surface area (Å²) >= 11 is 5.51. The van der Waals surface area contributed by atoms with Gasteiger partial charge in [-0.1, -0.05) is 42.5 Å². The first-order valence-corrected chi connectivity index (χ1v) is 10.3. The van der Waals surface area contributed by atoms with Crippen molar-refractivity contribution in [2.75, 3.05) is 10.6 Å². The van der Waals surface area contributed by atoms with E-state index in [1.165, 1.54) is 11.1 Å². The summed E-state index contributed by atoms with van der Waals surface area (Å²) in [5.41, 5.74) is 5.38. The van der Waals surface area contributed by atoms with E-state index < -0.39 is 0 Å². The van der Waals surface area contributed by atoms with Crippen LogP contribution in [-0.2, 0) is 12.8 Å². The van der Waals surface area contributed by atoms with Crippen LogP contribution in [0.3, 0.4) is 0 Å². The highest BCUT2D eigenvalue weighted by Gasteiger charge is 2.21. The molecule has 0 spiro atoms. The molecule has 1 aliphatic carbocycles. The number of benzene rings is 2. The fraction of sp³-hybridized carbons (Fsp3) is 0.217. The summed E-state index contributed by atoms with van der Waals surface area (Å²) in [5, 5.41) is 10.0. The number of anilines is 2. The average Bonchev–Trinajstić information content (AvgIpc) is 3.10. The number of hydrogen-bond acceptors (Lipinski definition) is 4. The van der Waals surface area contributed by atoms with Crippen molar-refractivity contribution in [3.8, 4) is 0 Å². The summed E-state index contributed by atoms with van der Waals surface area (Å²) in [6, 6.07) is 20.3. The lowest BCUT2D eigenvalue weighted by molar-refractivity contribution is 0.720. The van der Waals surface area contributed by atoms with Gasteiger partial charge in [0.15, 0.2) is 5.11 Å². The van der Waals surface area contributed by atoms with Gasteiger partial charge in [0.1, 0.15) is 0 Å². The van der Waals surface area contributed by atoms with Crippen molar-refractivity contribution in [3.05, 3.63) is 83.2 Å². The number of aliphatic imine (C=N–C) groups is 1. The SMILES string of the molecule is Cc1cc(C)nc(NC(=NC2Cc3ccccc3C2)NC(=S)Nc2ccccc2)n1. The van der Waals surface area contributed by atoms with Crippen molar-refractivity contribution in [2.24, 2.45) is 4.99 Å². The molecule has 0 aliphatic heterocycles. The van der Waals surface area contributed by atoms with Crippen LogP contribution >= 0.6 is 12.2 Å². The molecule has 3 aromatic rings. The standard InChI is InChI=1S/C23H24N6S/c1-15-12-16(2)25-21(24-15)28-22(29-23(30)27-19-10-4-3-5-11-19)26-20-13-17-8-6-7-9-18(17)14-20/h3-12,20H,13-14H2,1-2H3,(H3,24,25,26,27,28,29,30). The summed E-state index contributed by atoms with van der Waals surface area (Å²) in [4.78, 5) is 13.9. The maximum atomic E-state index is 5.51. The van der Waals surface area contributed by atoms with Crippen molar-refractivity contribution in [3.63, 3.8) is 0 Å². The highest BCUT2D eigenvalue weighted by molar-refractivity contribution is 7.80. The third-order valence-electron chi connectivity index (χ3n) is 4.82. The maximum absolute atomic E-state index is 5.51. The normalized spacial score (nSPS) is 13.6. The van der Waals surface area contributed by atoms with Crippen molar-refractivity contribution in [1.82, 2.24) is 15.3 Å². The zero-order valence-electron chi connectivity index (χ0n) is 17.0. The second-order valence-electron chi connectivity index (χ2n) is 7.35. The number of nitrogens with one attached hydrogen (secondary N) is 3. The van der Waals surface area contributed by atoms with E-state index in [1.807, 2.05) is 50.2 Å². The molecule has 0 atom stereocenters. The third kappa shape index (κ3) is 5.18. The molecular weight excluding hydrogens is 392 g/mol. The molecule has 0 bridgehead atoms. The molecule has 0 unspecified atom stereocenters. The number of aromatic nitrogens is 2. The molecule has 1 heterocycles. The molecule has 0 saturated carbocycles. The first kappa shape index (κ1) is 20.0. The number of nitrogens with zero attached hydrogens (tertiary/aromatic N) is 3. The molecule has 0 radical (unpaired) electrons. The average molecular weight is 417 g/mol. The van der Waals surface area contributed by atoms with E-state index >= 15 is 0 Å². The Kier molecular flexibility index (Phi) is 5.99. The molecular formula is C23H24N6S. The molecule has 6 nitrogen and oxygen atoms in total. The Bertz CT molecular complexity index is 1030. The molecule has 4 rings (SSSR count). The van der Waals surface area contributed by atoms with E-state index in [9.17, 15) is 0 Å². The van der Waals surface area contributed by atoms with Crippen molar-refractivity contribution in [2.45, 2.75) is 32.7 Å². The van der Waals surface area contributed by atoms with Crippen LogP contribution in [0.1, 0.15) is 22.5 Å². The summed E-state index contributed by atoms with van der Waals surface area (Å²) in [6.07, 6.45) is 1.80. The number of hydrogen-bond donors (Lipinski definition) is 3. The number of para-hydroxylation sites is 1. The van der Waals surface area contributed by atoms with Crippen LogP contribution in [0.4, 0.5) is 11.6 Å². The summed E-state index contributed by atoms with van der Waals surface area (Å²) in [6.45, 7) is 3.89. The monoisotopic (exact) mass is 416 g/mol. The van der Waals surface area contributed by atoms with Crippen LogP contribution < -0.4 is 16.0 Å². The number of thiocarbonyl (C=S) groups is 1. The first-order chi connectivity index (χ1) is 14.5. The summed E-state index contributed by atoms with van der Waals surface area (Å²) in [5.74, 6) is 1.03. The molecule has 0 amide bonds. The van der Waals surface area contributed by atoms with E-state index in [0.29, 0.717) is 17.0 Å². The van der Waals surface area contributed by atoms with E-state index in [-0.39, 0.29) is 6.04 Å². The third-order valence-corrected chi connectivity index (χ3v) is 5.02. The maximum Gasteiger partial charge on any atom is 0.229 e. The van der Waals surface area contributed by atoms with Gasteiger partial charge in [-0.3, -0.25) is 5.32 Å². The van der Waals surface area contributed by atoms with Gasteiger partial charge in [-0.25, -0.2) is 15.0 Å². The first-order valence-electron chi connectivity index (χ1n) is 9.92. The minimum Gasteiger partial charge on any atom is -0.332 e. The number of guanidine groups is 1. The van der Waals surface area contributed by atoms with Crippen molar-refractivity contribution >= 4 is 34.9 Å². The van der Waals surface area contributed by atoms with E-state index in [4.69, 9.17) is 17.2 Å². The molecule has 3 N–H and O–H groups in total. The van der Waals surface area contributed by atoms with Gasteiger partial charge in [0.05, 0.1) is 6.04 Å². The van der Waals surface area contributed by atoms with Crippen molar-refractivity contribution in [1.29, 1.82) is 0 Å². The fourth-order valence-corrected chi connectivity index (χ4v) is 3.80. The Morgan fingerprint density at radius 3 is 2.13 bits per heavy atom. The fourth-order valence-electron chi connectivity index (χ4n) is 3.58. The second kappa shape index (κ2) is 9.00. The minimum atomic E-state index is 0.128. The van der Waals surface area contributed by atoms with Crippen LogP contribution in [-0.4, -0.2) is 27.1 Å². The van der Waals surface area contributed by atoms with Gasteiger partial charge in [-0.15, -0.1) is 0 Å². The lowest BCUT2D eigenvalue weighted by Gasteiger charge is -2.16. The zero-order valence-corrected chi connectivity index (χ0v) is 17.8. The summed E-state index contributed by atoms with van der Waals surface area (Å²) in [7, 11) is 0. The molecule has 0 fully saturated rings. The Balaban J connectivity index is 1.53. The quantitative estimate of drug-likeness (QED) is 0.340. The van der Waals surface area contributed by atoms with Crippen LogP contribution in [0, 0.1) is 13.8 Å². The second-order valence-corrected chi connectivity index (χ2v) is 7.76. The van der Waals surface area contributed by atoms with Crippen LogP contribution in [0.25, 0.3) is 0 Å². The molecule has 2 aromatic carbocycles. The van der Waals surface area contributed by atoms with Gasteiger partial charge in [0.2, 0.25) is 11.9 Å². The molecule has 152 valence electrons. The van der Waals surface area contributed by atoms with Crippen LogP contribution in [0.15, 0.2) is 65.7 Å². The topological polar surface area (TPSA) is 74.2 Å².